The van der Waals surface area contributed by atoms with E-state index in [9.17, 15) is 19.2 Å². The van der Waals surface area contributed by atoms with E-state index in [2.05, 4.69) is 26.3 Å². The molecule has 0 fully saturated rings. The topological polar surface area (TPSA) is 105 Å². The third-order valence-corrected chi connectivity index (χ3v) is 5.99. The van der Waals surface area contributed by atoms with Crippen LogP contribution in [0.2, 0.25) is 0 Å². The van der Waals surface area contributed by atoms with Crippen molar-refractivity contribution in [1.82, 2.24) is 0 Å². The first kappa shape index (κ1) is 35.4. The molecule has 0 radical (unpaired) electrons. The number of carbonyl (C=O) groups excluding carboxylic acids is 4. The third kappa shape index (κ3) is 10.8. The summed E-state index contributed by atoms with van der Waals surface area (Å²) in [6.45, 7) is 20.2. The summed E-state index contributed by atoms with van der Waals surface area (Å²) in [5.41, 5.74) is 2.42. The van der Waals surface area contributed by atoms with Crippen LogP contribution in [0, 0.1) is 5.82 Å². The van der Waals surface area contributed by atoms with Crippen LogP contribution in [0.1, 0.15) is 49.9 Å². The summed E-state index contributed by atoms with van der Waals surface area (Å²) in [5, 5.41) is 0. The summed E-state index contributed by atoms with van der Waals surface area (Å²) >= 11 is 0. The zero-order valence-electron chi connectivity index (χ0n) is 26.5. The summed E-state index contributed by atoms with van der Waals surface area (Å²) in [4.78, 5) is 48.3. The molecule has 0 aliphatic rings. The second-order valence-electron chi connectivity index (χ2n) is 10.6. The van der Waals surface area contributed by atoms with Crippen molar-refractivity contribution >= 4 is 48.2 Å². The number of ether oxygens (including phenoxy) is 4. The fourth-order valence-electron chi connectivity index (χ4n) is 3.55. The van der Waals surface area contributed by atoms with Crippen LogP contribution in [0.5, 0.6) is 23.0 Å². The molecule has 3 rings (SSSR count). The smallest absolute Gasteiger partial charge is 0.338 e. The minimum atomic E-state index is -0.665. The molecule has 0 bridgehead atoms. The molecule has 0 N–H and O–H groups in total. The Hall–Kier alpha value is -6.09. The number of hydrogen-bond donors (Lipinski definition) is 0. The van der Waals surface area contributed by atoms with Gasteiger partial charge in [0, 0.05) is 40.0 Å². The molecule has 0 aromatic heterocycles. The van der Waals surface area contributed by atoms with Crippen molar-refractivity contribution in [2.45, 2.75) is 27.7 Å². The van der Waals surface area contributed by atoms with Crippen molar-refractivity contribution in [3.05, 3.63) is 131 Å². The van der Waals surface area contributed by atoms with Gasteiger partial charge in [-0.05, 0) is 74.7 Å². The molecule has 8 nitrogen and oxygen atoms in total. The van der Waals surface area contributed by atoms with Gasteiger partial charge in [-0.3, -0.25) is 0 Å². The number of benzene rings is 3. The fourth-order valence-corrected chi connectivity index (χ4v) is 3.55. The van der Waals surface area contributed by atoms with Crippen molar-refractivity contribution < 1.29 is 42.5 Å². The van der Waals surface area contributed by atoms with E-state index in [4.69, 9.17) is 18.9 Å². The van der Waals surface area contributed by atoms with Gasteiger partial charge in [-0.25, -0.2) is 23.6 Å². The highest BCUT2D eigenvalue weighted by Gasteiger charge is 2.13. The van der Waals surface area contributed by atoms with Crippen molar-refractivity contribution in [2.24, 2.45) is 0 Å². The van der Waals surface area contributed by atoms with Crippen LogP contribution in [0.4, 0.5) is 4.39 Å². The van der Waals surface area contributed by atoms with E-state index < -0.39 is 29.7 Å². The van der Waals surface area contributed by atoms with Gasteiger partial charge in [0.25, 0.3) is 0 Å². The summed E-state index contributed by atoms with van der Waals surface area (Å²) in [6, 6.07) is 13.4. The molecule has 240 valence electrons. The SMILES string of the molecule is C=C(C)C(=O)Oc1cc(/C=C/c2ccc(/C=C/c3cc(OC(=O)C(=C)C)cc(OC(=O)C(=C)C)c3)c(F)c2)cc(OC(=O)C(=C)C)c1. The van der Waals surface area contributed by atoms with E-state index in [1.54, 1.807) is 42.5 Å². The lowest BCUT2D eigenvalue weighted by atomic mass is 10.1. The van der Waals surface area contributed by atoms with Crippen LogP contribution < -0.4 is 18.9 Å². The molecule has 0 saturated heterocycles. The highest BCUT2D eigenvalue weighted by atomic mass is 19.1. The molecule has 0 amide bonds. The second kappa shape index (κ2) is 15.8. The minimum absolute atomic E-state index is 0.0987. The molecule has 0 spiro atoms. The van der Waals surface area contributed by atoms with E-state index in [0.29, 0.717) is 16.7 Å². The predicted molar refractivity (Wildman–Crippen MR) is 179 cm³/mol. The van der Waals surface area contributed by atoms with Crippen LogP contribution in [0.3, 0.4) is 0 Å². The Bertz CT molecular complexity index is 1780. The van der Waals surface area contributed by atoms with Crippen LogP contribution in [-0.2, 0) is 19.2 Å². The number of hydrogen-bond acceptors (Lipinski definition) is 8. The molecule has 0 atom stereocenters. The van der Waals surface area contributed by atoms with E-state index in [1.165, 1.54) is 64.1 Å². The standard InChI is InChI=1S/C38H33FO8/c1-22(2)35(40)44-30-15-27(16-31(20-30)45-36(41)23(3)4)10-9-26-11-13-29(34(39)19-26)14-12-28-17-32(46-37(42)24(5)6)21-33(18-28)47-38(43)25(7)8/h9-21H,1,3,5,7H2,2,4,6,8H3/b10-9+,14-12+. The first-order valence-corrected chi connectivity index (χ1v) is 14.1. The second-order valence-corrected chi connectivity index (χ2v) is 10.6. The van der Waals surface area contributed by atoms with E-state index in [0.717, 1.165) is 0 Å². The quantitative estimate of drug-likeness (QED) is 0.0850. The molecule has 3 aromatic carbocycles. The Morgan fingerprint density at radius 2 is 0.809 bits per heavy atom. The molecule has 0 aliphatic carbocycles. The fraction of sp³-hybridized carbons (Fsp3) is 0.105. The van der Waals surface area contributed by atoms with Gasteiger partial charge in [-0.1, -0.05) is 62.8 Å². The number of rotatable bonds is 12. The molecule has 0 aliphatic heterocycles. The molecular formula is C38H33FO8. The summed E-state index contributed by atoms with van der Waals surface area (Å²) in [5.74, 6) is -2.75. The van der Waals surface area contributed by atoms with Crippen LogP contribution >= 0.6 is 0 Å². The Balaban J connectivity index is 1.88. The molecule has 3 aromatic rings. The Morgan fingerprint density at radius 1 is 0.489 bits per heavy atom. The predicted octanol–water partition coefficient (Wildman–Crippen LogP) is 8.09. The lowest BCUT2D eigenvalue weighted by molar-refractivity contribution is -0.131. The summed E-state index contributed by atoms with van der Waals surface area (Å²) < 4.78 is 36.4. The van der Waals surface area contributed by atoms with E-state index in [-0.39, 0.29) is 50.9 Å². The molecule has 0 heterocycles. The summed E-state index contributed by atoms with van der Waals surface area (Å²) in [7, 11) is 0. The molecule has 0 unspecified atom stereocenters. The maximum absolute atomic E-state index is 15.2. The highest BCUT2D eigenvalue weighted by Crippen LogP contribution is 2.28. The monoisotopic (exact) mass is 636 g/mol. The van der Waals surface area contributed by atoms with Gasteiger partial charge in [-0.15, -0.1) is 0 Å². The van der Waals surface area contributed by atoms with Gasteiger partial charge in [0.1, 0.15) is 28.8 Å². The van der Waals surface area contributed by atoms with E-state index >= 15 is 4.39 Å². The first-order valence-electron chi connectivity index (χ1n) is 14.1. The zero-order valence-corrected chi connectivity index (χ0v) is 26.5. The lowest BCUT2D eigenvalue weighted by Crippen LogP contribution is -2.10. The highest BCUT2D eigenvalue weighted by molar-refractivity contribution is 5.91. The Labute approximate surface area is 272 Å². The number of esters is 4. The number of halogens is 1. The zero-order chi connectivity index (χ0) is 34.8. The Kier molecular flexibility index (Phi) is 11.9. The van der Waals surface area contributed by atoms with Gasteiger partial charge >= 0.3 is 23.9 Å². The third-order valence-electron chi connectivity index (χ3n) is 5.99. The van der Waals surface area contributed by atoms with Gasteiger partial charge < -0.3 is 18.9 Å². The minimum Gasteiger partial charge on any atom is -0.423 e. The molecule has 9 heteroatoms. The maximum atomic E-state index is 15.2. The van der Waals surface area contributed by atoms with Crippen molar-refractivity contribution in [2.75, 3.05) is 0 Å². The van der Waals surface area contributed by atoms with Gasteiger partial charge in [0.15, 0.2) is 0 Å². The first-order chi connectivity index (χ1) is 22.1. The normalized spacial score (nSPS) is 10.7. The average molecular weight is 637 g/mol. The van der Waals surface area contributed by atoms with Crippen molar-refractivity contribution in [3.63, 3.8) is 0 Å². The molecular weight excluding hydrogens is 603 g/mol. The largest absolute Gasteiger partial charge is 0.423 e. The molecule has 47 heavy (non-hydrogen) atoms. The van der Waals surface area contributed by atoms with Gasteiger partial charge in [0.2, 0.25) is 0 Å². The van der Waals surface area contributed by atoms with Crippen molar-refractivity contribution in [1.29, 1.82) is 0 Å². The van der Waals surface area contributed by atoms with Crippen LogP contribution in [-0.4, -0.2) is 23.9 Å². The van der Waals surface area contributed by atoms with E-state index in [1.807, 2.05) is 0 Å². The maximum Gasteiger partial charge on any atom is 0.338 e. The van der Waals surface area contributed by atoms with Crippen molar-refractivity contribution in [3.8, 4) is 23.0 Å². The lowest BCUT2D eigenvalue weighted by Gasteiger charge is -2.09. The van der Waals surface area contributed by atoms with Crippen LogP contribution in [0.15, 0.2) is 103 Å². The summed E-state index contributed by atoms with van der Waals surface area (Å²) in [6.07, 6.45) is 6.33. The van der Waals surface area contributed by atoms with Gasteiger partial charge in [-0.2, -0.15) is 0 Å². The molecule has 0 saturated carbocycles. The Morgan fingerprint density at radius 3 is 1.13 bits per heavy atom. The number of carbonyl (C=O) groups is 4. The van der Waals surface area contributed by atoms with Gasteiger partial charge in [0.05, 0.1) is 0 Å². The average Bonchev–Trinajstić information content (AvgIpc) is 2.99. The van der Waals surface area contributed by atoms with Crippen LogP contribution in [0.25, 0.3) is 24.3 Å².